The molecule has 8 nitrogen and oxygen atoms in total. The molecule has 0 aliphatic carbocycles. The number of hydrogen-bond donors (Lipinski definition) is 2. The molecule has 5 heterocycles. The highest BCUT2D eigenvalue weighted by Gasteiger charge is 2.22. The molecule has 0 amide bonds. The van der Waals surface area contributed by atoms with E-state index in [4.69, 9.17) is 26.3 Å². The smallest absolute Gasteiger partial charge is 0.143 e. The standard InChI is InChI=1S/C24H33N7OS/c1-16(25)23(29(2)26)20-4-3-19-22-21(13-18(14-27-22)30-7-11-33-12-8-30)31(24(19)28-20)15-17-5-9-32-10-6-17/h3-4,13-14,17H,5-12,15,25-26H2,1-2H3/b23-16-. The molecule has 33 heavy (non-hydrogen) atoms. The van der Waals surface area contributed by atoms with Gasteiger partial charge in [0, 0.05) is 62.5 Å². The molecule has 4 N–H and O–H groups in total. The van der Waals surface area contributed by atoms with Crippen molar-refractivity contribution in [2.24, 2.45) is 17.5 Å². The van der Waals surface area contributed by atoms with Gasteiger partial charge in [0.15, 0.2) is 0 Å². The number of fused-ring (bicyclic) bond motifs is 3. The number of hydrazine groups is 1. The highest BCUT2D eigenvalue weighted by molar-refractivity contribution is 7.99. The maximum absolute atomic E-state index is 6.16. The van der Waals surface area contributed by atoms with Gasteiger partial charge >= 0.3 is 0 Å². The van der Waals surface area contributed by atoms with Crippen LogP contribution in [0.5, 0.6) is 0 Å². The van der Waals surface area contributed by atoms with Gasteiger partial charge in [0.05, 0.1) is 34.3 Å². The lowest BCUT2D eigenvalue weighted by Crippen LogP contribution is -2.32. The lowest BCUT2D eigenvalue weighted by atomic mass is 10.0. The summed E-state index contributed by atoms with van der Waals surface area (Å²) in [5, 5.41) is 2.61. The monoisotopic (exact) mass is 467 g/mol. The summed E-state index contributed by atoms with van der Waals surface area (Å²) in [5.74, 6) is 8.97. The molecule has 0 atom stereocenters. The lowest BCUT2D eigenvalue weighted by molar-refractivity contribution is 0.0619. The van der Waals surface area contributed by atoms with Crippen LogP contribution in [-0.4, -0.2) is 64.4 Å². The normalized spacial score (nSPS) is 18.7. The van der Waals surface area contributed by atoms with E-state index in [1.807, 2.05) is 30.9 Å². The number of allylic oxidation sites excluding steroid dienone is 1. The van der Waals surface area contributed by atoms with E-state index in [-0.39, 0.29) is 0 Å². The molecule has 0 radical (unpaired) electrons. The molecule has 176 valence electrons. The predicted octanol–water partition coefficient (Wildman–Crippen LogP) is 3.02. The number of nitrogens with zero attached hydrogens (tertiary/aromatic N) is 5. The molecule has 0 unspecified atom stereocenters. The van der Waals surface area contributed by atoms with E-state index < -0.39 is 0 Å². The van der Waals surface area contributed by atoms with Crippen LogP contribution in [-0.2, 0) is 11.3 Å². The fourth-order valence-corrected chi connectivity index (χ4v) is 5.87. The minimum atomic E-state index is 0.557. The van der Waals surface area contributed by atoms with Crippen LogP contribution in [0.3, 0.4) is 0 Å². The molecule has 0 spiro atoms. The van der Waals surface area contributed by atoms with E-state index in [2.05, 4.69) is 21.6 Å². The van der Waals surface area contributed by atoms with Crippen LogP contribution in [0, 0.1) is 5.92 Å². The van der Waals surface area contributed by atoms with Crippen molar-refractivity contribution in [2.45, 2.75) is 26.3 Å². The van der Waals surface area contributed by atoms with E-state index in [9.17, 15) is 0 Å². The molecule has 2 fully saturated rings. The lowest BCUT2D eigenvalue weighted by Gasteiger charge is -2.28. The quantitative estimate of drug-likeness (QED) is 0.436. The zero-order valence-corrected chi connectivity index (χ0v) is 20.3. The number of nitrogens with two attached hydrogens (primary N) is 2. The Labute approximate surface area is 198 Å². The van der Waals surface area contributed by atoms with Crippen molar-refractivity contribution in [3.63, 3.8) is 0 Å². The van der Waals surface area contributed by atoms with Crippen molar-refractivity contribution >= 4 is 45.2 Å². The number of thioether (sulfide) groups is 1. The average molecular weight is 468 g/mol. The first-order chi connectivity index (χ1) is 16.0. The van der Waals surface area contributed by atoms with Gasteiger partial charge in [0.2, 0.25) is 0 Å². The van der Waals surface area contributed by atoms with Gasteiger partial charge in [-0.1, -0.05) is 0 Å². The summed E-state index contributed by atoms with van der Waals surface area (Å²) in [6.07, 6.45) is 4.15. The van der Waals surface area contributed by atoms with Crippen LogP contribution < -0.4 is 16.5 Å². The maximum Gasteiger partial charge on any atom is 0.143 e. The maximum atomic E-state index is 6.16. The Hall–Kier alpha value is -2.49. The van der Waals surface area contributed by atoms with Gasteiger partial charge in [-0.25, -0.2) is 10.8 Å². The summed E-state index contributed by atoms with van der Waals surface area (Å²) in [4.78, 5) is 12.5. The van der Waals surface area contributed by atoms with Gasteiger partial charge in [-0.3, -0.25) is 4.98 Å². The summed E-state index contributed by atoms with van der Waals surface area (Å²) >= 11 is 2.02. The van der Waals surface area contributed by atoms with Crippen molar-refractivity contribution in [1.29, 1.82) is 0 Å². The van der Waals surface area contributed by atoms with E-state index in [1.165, 1.54) is 5.69 Å². The topological polar surface area (TPSA) is 98.5 Å². The second-order valence-electron chi connectivity index (χ2n) is 9.04. The van der Waals surface area contributed by atoms with Gasteiger partial charge in [0.1, 0.15) is 5.65 Å². The number of aromatic nitrogens is 3. The molecule has 0 bridgehead atoms. The van der Waals surface area contributed by atoms with E-state index in [1.54, 1.807) is 12.1 Å². The van der Waals surface area contributed by atoms with Gasteiger partial charge in [-0.05, 0) is 43.9 Å². The Morgan fingerprint density at radius 3 is 2.70 bits per heavy atom. The van der Waals surface area contributed by atoms with Crippen molar-refractivity contribution < 1.29 is 4.74 Å². The third-order valence-electron chi connectivity index (χ3n) is 6.66. The molecular weight excluding hydrogens is 434 g/mol. The molecular formula is C24H33N7OS. The summed E-state index contributed by atoms with van der Waals surface area (Å²) < 4.78 is 7.97. The van der Waals surface area contributed by atoms with Crippen molar-refractivity contribution in [2.75, 3.05) is 49.8 Å². The molecule has 2 aliphatic heterocycles. The summed E-state index contributed by atoms with van der Waals surface area (Å²) in [7, 11) is 1.79. The Balaban J connectivity index is 1.67. The zero-order chi connectivity index (χ0) is 22.9. The fourth-order valence-electron chi connectivity index (χ4n) is 4.97. The summed E-state index contributed by atoms with van der Waals surface area (Å²) in [6, 6.07) is 6.41. The third kappa shape index (κ3) is 4.37. The van der Waals surface area contributed by atoms with Crippen molar-refractivity contribution in [1.82, 2.24) is 19.5 Å². The Morgan fingerprint density at radius 2 is 2.00 bits per heavy atom. The first-order valence-electron chi connectivity index (χ1n) is 11.7. The molecule has 3 aromatic rings. The minimum Gasteiger partial charge on any atom is -0.400 e. The van der Waals surface area contributed by atoms with Gasteiger partial charge in [-0.15, -0.1) is 0 Å². The van der Waals surface area contributed by atoms with Crippen LogP contribution in [0.1, 0.15) is 25.5 Å². The number of rotatable bonds is 5. The van der Waals surface area contributed by atoms with Gasteiger partial charge in [-0.2, -0.15) is 11.8 Å². The predicted molar refractivity (Wildman–Crippen MR) is 137 cm³/mol. The van der Waals surface area contributed by atoms with Crippen LogP contribution in [0.15, 0.2) is 30.1 Å². The van der Waals surface area contributed by atoms with Crippen LogP contribution in [0.4, 0.5) is 5.69 Å². The third-order valence-corrected chi connectivity index (χ3v) is 7.60. The van der Waals surface area contributed by atoms with Crippen LogP contribution in [0.25, 0.3) is 27.8 Å². The van der Waals surface area contributed by atoms with E-state index in [0.717, 1.165) is 90.7 Å². The van der Waals surface area contributed by atoms with Gasteiger partial charge < -0.3 is 24.9 Å². The van der Waals surface area contributed by atoms with Crippen molar-refractivity contribution in [3.8, 4) is 0 Å². The number of pyridine rings is 2. The van der Waals surface area contributed by atoms with Crippen LogP contribution in [0.2, 0.25) is 0 Å². The Bertz CT molecular complexity index is 1170. The molecule has 9 heteroatoms. The molecule has 0 saturated carbocycles. The number of anilines is 1. The largest absolute Gasteiger partial charge is 0.400 e. The second-order valence-corrected chi connectivity index (χ2v) is 10.3. The minimum absolute atomic E-state index is 0.557. The first-order valence-corrected chi connectivity index (χ1v) is 12.8. The van der Waals surface area contributed by atoms with E-state index in [0.29, 0.717) is 11.6 Å². The molecule has 2 aliphatic rings. The highest BCUT2D eigenvalue weighted by Crippen LogP contribution is 2.33. The summed E-state index contributed by atoms with van der Waals surface area (Å²) in [5.41, 5.74) is 12.6. The average Bonchev–Trinajstić information content (AvgIpc) is 3.12. The van der Waals surface area contributed by atoms with E-state index >= 15 is 0 Å². The van der Waals surface area contributed by atoms with Crippen LogP contribution >= 0.6 is 11.8 Å². The SMILES string of the molecule is C/C(N)=C(\c1ccc2c3ncc(N4CCSCC4)cc3n(CC3CCOCC3)c2n1)N(C)N. The summed E-state index contributed by atoms with van der Waals surface area (Å²) in [6.45, 7) is 6.53. The first kappa shape index (κ1) is 22.3. The highest BCUT2D eigenvalue weighted by atomic mass is 32.2. The van der Waals surface area contributed by atoms with Gasteiger partial charge in [0.25, 0.3) is 0 Å². The molecule has 3 aromatic heterocycles. The fraction of sp³-hybridized carbons (Fsp3) is 0.500. The molecule has 2 saturated heterocycles. The molecule has 5 rings (SSSR count). The second kappa shape index (κ2) is 9.40. The Morgan fingerprint density at radius 1 is 1.24 bits per heavy atom. The Kier molecular flexibility index (Phi) is 6.36. The molecule has 0 aromatic carbocycles. The number of hydrogen-bond acceptors (Lipinski definition) is 8. The van der Waals surface area contributed by atoms with Crippen molar-refractivity contribution in [3.05, 3.63) is 35.8 Å². The number of ether oxygens (including phenoxy) is 1. The zero-order valence-electron chi connectivity index (χ0n) is 19.5.